The van der Waals surface area contributed by atoms with Crippen LogP contribution in [0.25, 0.3) is 0 Å². The first-order chi connectivity index (χ1) is 15.1. The van der Waals surface area contributed by atoms with Crippen LogP contribution in [-0.4, -0.2) is 33.5 Å². The van der Waals surface area contributed by atoms with Gasteiger partial charge in [-0.15, -0.1) is 11.3 Å². The largest absolute Gasteiger partial charge is 0.463 e. The van der Waals surface area contributed by atoms with E-state index in [1.54, 1.807) is 30.7 Å². The number of aromatic nitrogens is 1. The number of thioether (sulfide) groups is 1. The summed E-state index contributed by atoms with van der Waals surface area (Å²) >= 11 is 3.03. The van der Waals surface area contributed by atoms with Gasteiger partial charge in [-0.1, -0.05) is 17.8 Å². The van der Waals surface area contributed by atoms with E-state index in [0.717, 1.165) is 21.3 Å². The molecular weight excluding hydrogens is 432 g/mol. The molecule has 0 aromatic carbocycles. The van der Waals surface area contributed by atoms with Gasteiger partial charge < -0.3 is 15.0 Å². The average molecular weight is 455 g/mol. The number of thiophene rings is 1. The Balaban J connectivity index is 1.56. The number of fused-ring (bicyclic) bond motifs is 1. The van der Waals surface area contributed by atoms with Gasteiger partial charge in [0.05, 0.1) is 24.3 Å². The lowest BCUT2D eigenvalue weighted by Crippen LogP contribution is -2.37. The number of carbonyl (C=O) groups excluding carboxylic acids is 2. The topological polar surface area (TPSA) is 83.9 Å². The molecule has 31 heavy (non-hydrogen) atoms. The van der Waals surface area contributed by atoms with Gasteiger partial charge in [0.15, 0.2) is 5.17 Å². The van der Waals surface area contributed by atoms with Gasteiger partial charge in [-0.3, -0.25) is 9.78 Å². The number of ether oxygens (including phenoxy) is 1. The number of hydrogen-bond donors (Lipinski definition) is 1. The van der Waals surface area contributed by atoms with Crippen molar-refractivity contribution in [3.63, 3.8) is 0 Å². The van der Waals surface area contributed by atoms with Crippen molar-refractivity contribution in [1.82, 2.24) is 15.2 Å². The quantitative estimate of drug-likeness (QED) is 0.637. The Hall–Kier alpha value is -2.91. The minimum absolute atomic E-state index is 0.0983. The van der Waals surface area contributed by atoms with Crippen molar-refractivity contribution in [2.45, 2.75) is 32.9 Å². The van der Waals surface area contributed by atoms with Crippen molar-refractivity contribution >= 4 is 40.1 Å². The number of pyridine rings is 1. The minimum Gasteiger partial charge on any atom is -0.463 e. The molecule has 0 fully saturated rings. The molecule has 4 heterocycles. The summed E-state index contributed by atoms with van der Waals surface area (Å²) in [4.78, 5) is 37.1. The van der Waals surface area contributed by atoms with Gasteiger partial charge in [0.2, 0.25) is 5.91 Å². The summed E-state index contributed by atoms with van der Waals surface area (Å²) in [6.45, 7) is 4.34. The van der Waals surface area contributed by atoms with E-state index >= 15 is 0 Å². The highest BCUT2D eigenvalue weighted by Gasteiger charge is 2.41. The summed E-state index contributed by atoms with van der Waals surface area (Å²) in [5.41, 5.74) is 2.95. The molecule has 2 aromatic rings. The summed E-state index contributed by atoms with van der Waals surface area (Å²) in [6.07, 6.45) is 3.59. The zero-order valence-corrected chi connectivity index (χ0v) is 18.8. The van der Waals surface area contributed by atoms with Crippen LogP contribution in [0.2, 0.25) is 0 Å². The first-order valence-corrected chi connectivity index (χ1v) is 11.6. The number of nitrogens with one attached hydrogen (secondary N) is 1. The molecule has 1 amide bonds. The second-order valence-electron chi connectivity index (χ2n) is 6.94. The van der Waals surface area contributed by atoms with Crippen LogP contribution in [0.1, 0.15) is 36.8 Å². The number of esters is 1. The van der Waals surface area contributed by atoms with Gasteiger partial charge in [-0.05, 0) is 48.4 Å². The second kappa shape index (κ2) is 9.49. The molecule has 0 radical (unpaired) electrons. The van der Waals surface area contributed by atoms with Gasteiger partial charge in [0.1, 0.15) is 6.04 Å². The maximum atomic E-state index is 12.8. The van der Waals surface area contributed by atoms with Gasteiger partial charge in [-0.2, -0.15) is 0 Å². The van der Waals surface area contributed by atoms with Crippen LogP contribution in [0.5, 0.6) is 0 Å². The van der Waals surface area contributed by atoms with Crippen LogP contribution in [0, 0.1) is 0 Å². The molecule has 1 atom stereocenters. The maximum absolute atomic E-state index is 12.8. The van der Waals surface area contributed by atoms with E-state index in [0.29, 0.717) is 17.8 Å². The standard InChI is InChI=1S/C22H22N4O3S2/c1-3-29-21(28)19-14(2)25-22-26(20(19)17-5-4-10-30-17)16(13-31-22)11-18(27)24-12-15-6-8-23-9-7-15/h4-10,13,20H,3,11-12H2,1-2H3,(H,24,27)/t20-/m0/s1. The van der Waals surface area contributed by atoms with Crippen molar-refractivity contribution in [3.05, 3.63) is 74.9 Å². The third-order valence-corrected chi connectivity index (χ3v) is 6.70. The molecule has 2 aromatic heterocycles. The van der Waals surface area contributed by atoms with E-state index in [4.69, 9.17) is 4.74 Å². The molecule has 0 unspecified atom stereocenters. The van der Waals surface area contributed by atoms with Crippen molar-refractivity contribution < 1.29 is 14.3 Å². The Morgan fingerprint density at radius 3 is 2.77 bits per heavy atom. The molecule has 1 N–H and O–H groups in total. The van der Waals surface area contributed by atoms with E-state index in [1.807, 2.05) is 46.9 Å². The number of hydrogen-bond acceptors (Lipinski definition) is 8. The normalized spacial score (nSPS) is 17.7. The molecule has 160 valence electrons. The minimum atomic E-state index is -0.375. The van der Waals surface area contributed by atoms with Crippen LogP contribution < -0.4 is 5.32 Å². The summed E-state index contributed by atoms with van der Waals surface area (Å²) in [5, 5.41) is 7.63. The first-order valence-electron chi connectivity index (χ1n) is 9.89. The molecular formula is C22H22N4O3S2. The molecule has 9 heteroatoms. The van der Waals surface area contributed by atoms with E-state index < -0.39 is 0 Å². The highest BCUT2D eigenvalue weighted by Crippen LogP contribution is 2.45. The van der Waals surface area contributed by atoms with Crippen molar-refractivity contribution in [1.29, 1.82) is 0 Å². The fourth-order valence-electron chi connectivity index (χ4n) is 3.48. The molecule has 2 aliphatic heterocycles. The smallest absolute Gasteiger partial charge is 0.338 e. The third kappa shape index (κ3) is 4.57. The van der Waals surface area contributed by atoms with Gasteiger partial charge >= 0.3 is 5.97 Å². The van der Waals surface area contributed by atoms with Gasteiger partial charge in [-0.25, -0.2) is 9.79 Å². The Bertz CT molecular complexity index is 1060. The number of amides is 1. The summed E-state index contributed by atoms with van der Waals surface area (Å²) in [5.74, 6) is -0.474. The first kappa shape index (κ1) is 21.3. The second-order valence-corrected chi connectivity index (χ2v) is 8.75. The zero-order chi connectivity index (χ0) is 21.8. The Labute approximate surface area is 188 Å². The van der Waals surface area contributed by atoms with E-state index in [9.17, 15) is 9.59 Å². The average Bonchev–Trinajstić information content (AvgIpc) is 3.43. The number of carbonyl (C=O) groups is 2. The van der Waals surface area contributed by atoms with Gasteiger partial charge in [0, 0.05) is 29.5 Å². The summed E-state index contributed by atoms with van der Waals surface area (Å²) in [7, 11) is 0. The SMILES string of the molecule is CCOC(=O)C1=C(C)N=C2SC=C(CC(=O)NCc3ccncc3)N2[C@H]1c1cccs1. The predicted molar refractivity (Wildman–Crippen MR) is 122 cm³/mol. The van der Waals surface area contributed by atoms with E-state index in [1.165, 1.54) is 11.8 Å². The number of rotatable bonds is 7. The lowest BCUT2D eigenvalue weighted by molar-refractivity contribution is -0.139. The van der Waals surface area contributed by atoms with Crippen LogP contribution in [0.15, 0.2) is 69.4 Å². The highest BCUT2D eigenvalue weighted by atomic mass is 32.2. The molecule has 7 nitrogen and oxygen atoms in total. The predicted octanol–water partition coefficient (Wildman–Crippen LogP) is 3.99. The highest BCUT2D eigenvalue weighted by molar-refractivity contribution is 8.16. The third-order valence-electron chi connectivity index (χ3n) is 4.89. The molecule has 4 rings (SSSR count). The Morgan fingerprint density at radius 2 is 2.06 bits per heavy atom. The Kier molecular flexibility index (Phi) is 6.53. The molecule has 2 aliphatic rings. The Morgan fingerprint density at radius 1 is 1.26 bits per heavy atom. The maximum Gasteiger partial charge on any atom is 0.338 e. The van der Waals surface area contributed by atoms with Crippen LogP contribution in [-0.2, 0) is 20.9 Å². The van der Waals surface area contributed by atoms with Crippen molar-refractivity contribution in [2.75, 3.05) is 6.61 Å². The summed E-state index contributed by atoms with van der Waals surface area (Å²) in [6, 6.07) is 7.33. The van der Waals surface area contributed by atoms with Gasteiger partial charge in [0.25, 0.3) is 0 Å². The molecule has 0 saturated carbocycles. The lowest BCUT2D eigenvalue weighted by Gasteiger charge is -2.35. The van der Waals surface area contributed by atoms with E-state index in [-0.39, 0.29) is 30.9 Å². The monoisotopic (exact) mass is 454 g/mol. The van der Waals surface area contributed by atoms with Crippen molar-refractivity contribution in [3.8, 4) is 0 Å². The fraction of sp³-hybridized carbons (Fsp3) is 0.273. The number of nitrogens with zero attached hydrogens (tertiary/aromatic N) is 3. The zero-order valence-electron chi connectivity index (χ0n) is 17.2. The van der Waals surface area contributed by atoms with Crippen LogP contribution in [0.3, 0.4) is 0 Å². The summed E-state index contributed by atoms with van der Waals surface area (Å²) < 4.78 is 5.33. The number of allylic oxidation sites excluding steroid dienone is 1. The number of aliphatic imine (C=N–C) groups is 1. The molecule has 0 bridgehead atoms. The molecule has 0 aliphatic carbocycles. The molecule has 0 saturated heterocycles. The fourth-order valence-corrected chi connectivity index (χ4v) is 5.27. The van der Waals surface area contributed by atoms with Crippen molar-refractivity contribution in [2.24, 2.45) is 4.99 Å². The number of amidine groups is 1. The molecule has 0 spiro atoms. The van der Waals surface area contributed by atoms with E-state index in [2.05, 4.69) is 15.3 Å². The van der Waals surface area contributed by atoms with Crippen LogP contribution >= 0.6 is 23.1 Å². The lowest BCUT2D eigenvalue weighted by atomic mass is 9.99. The van der Waals surface area contributed by atoms with Crippen LogP contribution in [0.4, 0.5) is 0 Å².